The molecule has 0 radical (unpaired) electrons. The minimum absolute atomic E-state index is 0.162. The van der Waals surface area contributed by atoms with Crippen molar-refractivity contribution in [2.24, 2.45) is 0 Å². The van der Waals surface area contributed by atoms with Crippen LogP contribution in [-0.2, 0) is 11.3 Å². The average molecular weight is 246 g/mol. The first kappa shape index (κ1) is 13.4. The van der Waals surface area contributed by atoms with Gasteiger partial charge in [0.1, 0.15) is 5.82 Å². The number of ether oxygens (including phenoxy) is 1. The van der Waals surface area contributed by atoms with Gasteiger partial charge in [-0.25, -0.2) is 4.39 Å². The van der Waals surface area contributed by atoms with Crippen molar-refractivity contribution in [3.63, 3.8) is 0 Å². The fourth-order valence-corrected chi connectivity index (χ4v) is 1.61. The van der Waals surface area contributed by atoms with Crippen molar-refractivity contribution >= 4 is 11.6 Å². The summed E-state index contributed by atoms with van der Waals surface area (Å²) in [6, 6.07) is 4.36. The lowest BCUT2D eigenvalue weighted by molar-refractivity contribution is 0.127. The van der Waals surface area contributed by atoms with Crippen LogP contribution in [0.4, 0.5) is 4.39 Å². The molecule has 0 aliphatic heterocycles. The number of methoxy groups -OCH3 is 1. The fourth-order valence-electron chi connectivity index (χ4n) is 1.43. The molecule has 0 amide bonds. The number of hydrogen-bond acceptors (Lipinski definition) is 2. The van der Waals surface area contributed by atoms with Crippen LogP contribution in [0.5, 0.6) is 0 Å². The maximum absolute atomic E-state index is 13.0. The normalized spacial score (nSPS) is 11.8. The van der Waals surface area contributed by atoms with Crippen LogP contribution in [0.2, 0.25) is 5.02 Å². The number of rotatable bonds is 5. The van der Waals surface area contributed by atoms with Crippen LogP contribution in [-0.4, -0.2) is 19.3 Å². The van der Waals surface area contributed by atoms with Gasteiger partial charge in [-0.3, -0.25) is 0 Å². The Bertz CT molecular complexity index is 355. The average Bonchev–Trinajstić information content (AvgIpc) is 2.19. The number of hydrogen-bond donors (Lipinski definition) is 1. The molecule has 0 fully saturated rings. The largest absolute Gasteiger partial charge is 0.383 e. The maximum atomic E-state index is 13.0. The molecule has 90 valence electrons. The van der Waals surface area contributed by atoms with Crippen LogP contribution in [0, 0.1) is 5.82 Å². The molecule has 16 heavy (non-hydrogen) atoms. The second kappa shape index (κ2) is 5.62. The Morgan fingerprint density at radius 1 is 1.44 bits per heavy atom. The van der Waals surface area contributed by atoms with E-state index in [0.717, 1.165) is 5.56 Å². The Hall–Kier alpha value is -0.640. The van der Waals surface area contributed by atoms with Crippen molar-refractivity contribution in [3.05, 3.63) is 34.6 Å². The molecular formula is C12H17ClFNO. The minimum atomic E-state index is -0.272. The number of nitrogens with one attached hydrogen (secondary N) is 1. The van der Waals surface area contributed by atoms with Gasteiger partial charge in [0, 0.05) is 24.2 Å². The molecule has 2 nitrogen and oxygen atoms in total. The predicted octanol–water partition coefficient (Wildman–Crippen LogP) is 2.99. The molecule has 0 aromatic heterocycles. The monoisotopic (exact) mass is 245 g/mol. The minimum Gasteiger partial charge on any atom is -0.383 e. The van der Waals surface area contributed by atoms with Crippen LogP contribution >= 0.6 is 11.6 Å². The van der Waals surface area contributed by atoms with E-state index in [1.807, 2.05) is 13.8 Å². The Balaban J connectivity index is 2.63. The van der Waals surface area contributed by atoms with Crippen molar-refractivity contribution in [2.75, 3.05) is 13.7 Å². The van der Waals surface area contributed by atoms with Crippen molar-refractivity contribution in [3.8, 4) is 0 Å². The third-order valence-electron chi connectivity index (χ3n) is 2.27. The van der Waals surface area contributed by atoms with Crippen molar-refractivity contribution in [1.82, 2.24) is 5.32 Å². The molecule has 1 rings (SSSR count). The van der Waals surface area contributed by atoms with Crippen molar-refractivity contribution < 1.29 is 9.13 Å². The lowest BCUT2D eigenvalue weighted by Gasteiger charge is -2.25. The van der Waals surface area contributed by atoms with Gasteiger partial charge in [-0.1, -0.05) is 11.6 Å². The first-order valence-corrected chi connectivity index (χ1v) is 5.50. The van der Waals surface area contributed by atoms with Crippen LogP contribution in [0.15, 0.2) is 18.2 Å². The lowest BCUT2D eigenvalue weighted by atomic mass is 10.1. The molecule has 1 aromatic carbocycles. The molecule has 0 aliphatic carbocycles. The highest BCUT2D eigenvalue weighted by atomic mass is 35.5. The van der Waals surface area contributed by atoms with Gasteiger partial charge in [0.15, 0.2) is 0 Å². The SMILES string of the molecule is COCC(C)(C)NCc1cc(F)ccc1Cl. The third-order valence-corrected chi connectivity index (χ3v) is 2.64. The van der Waals surface area contributed by atoms with E-state index in [0.29, 0.717) is 18.2 Å². The Morgan fingerprint density at radius 3 is 2.75 bits per heavy atom. The van der Waals surface area contributed by atoms with Gasteiger partial charge < -0.3 is 10.1 Å². The zero-order valence-electron chi connectivity index (χ0n) is 9.81. The van der Waals surface area contributed by atoms with Gasteiger partial charge in [0.05, 0.1) is 6.61 Å². The van der Waals surface area contributed by atoms with E-state index in [9.17, 15) is 4.39 Å². The van der Waals surface area contributed by atoms with E-state index in [-0.39, 0.29) is 11.4 Å². The zero-order valence-corrected chi connectivity index (χ0v) is 10.6. The van der Waals surface area contributed by atoms with E-state index >= 15 is 0 Å². The van der Waals surface area contributed by atoms with E-state index in [1.165, 1.54) is 12.1 Å². The summed E-state index contributed by atoms with van der Waals surface area (Å²) in [5.41, 5.74) is 0.593. The fraction of sp³-hybridized carbons (Fsp3) is 0.500. The van der Waals surface area contributed by atoms with Gasteiger partial charge in [-0.05, 0) is 37.6 Å². The van der Waals surface area contributed by atoms with Gasteiger partial charge in [0.25, 0.3) is 0 Å². The molecule has 1 aromatic rings. The summed E-state index contributed by atoms with van der Waals surface area (Å²) in [7, 11) is 1.65. The van der Waals surface area contributed by atoms with E-state index < -0.39 is 0 Å². The van der Waals surface area contributed by atoms with E-state index in [1.54, 1.807) is 13.2 Å². The van der Waals surface area contributed by atoms with Crippen molar-refractivity contribution in [1.29, 1.82) is 0 Å². The highest BCUT2D eigenvalue weighted by Gasteiger charge is 2.16. The topological polar surface area (TPSA) is 21.3 Å². The summed E-state index contributed by atoms with van der Waals surface area (Å²) in [4.78, 5) is 0. The second-order valence-corrected chi connectivity index (χ2v) is 4.81. The van der Waals surface area contributed by atoms with Crippen LogP contribution in [0.25, 0.3) is 0 Å². The summed E-state index contributed by atoms with van der Waals surface area (Å²) >= 11 is 5.96. The zero-order chi connectivity index (χ0) is 12.2. The predicted molar refractivity (Wildman–Crippen MR) is 64.2 cm³/mol. The van der Waals surface area contributed by atoms with Gasteiger partial charge in [-0.2, -0.15) is 0 Å². The summed E-state index contributed by atoms with van der Waals surface area (Å²) in [5, 5.41) is 3.84. The Kier molecular flexibility index (Phi) is 4.71. The molecule has 0 aliphatic rings. The molecule has 4 heteroatoms. The summed E-state index contributed by atoms with van der Waals surface area (Å²) < 4.78 is 18.1. The third kappa shape index (κ3) is 4.08. The second-order valence-electron chi connectivity index (χ2n) is 4.41. The van der Waals surface area contributed by atoms with E-state index in [4.69, 9.17) is 16.3 Å². The Morgan fingerprint density at radius 2 is 2.12 bits per heavy atom. The lowest BCUT2D eigenvalue weighted by Crippen LogP contribution is -2.42. The molecule has 0 atom stereocenters. The first-order chi connectivity index (χ1) is 7.44. The standard InChI is InChI=1S/C12H17ClFNO/c1-12(2,8-16-3)15-7-9-6-10(14)4-5-11(9)13/h4-6,15H,7-8H2,1-3H3. The molecule has 0 unspecified atom stereocenters. The maximum Gasteiger partial charge on any atom is 0.123 e. The quantitative estimate of drug-likeness (QED) is 0.861. The van der Waals surface area contributed by atoms with Crippen LogP contribution in [0.1, 0.15) is 19.4 Å². The highest BCUT2D eigenvalue weighted by molar-refractivity contribution is 6.31. The molecule has 1 N–H and O–H groups in total. The van der Waals surface area contributed by atoms with Crippen molar-refractivity contribution in [2.45, 2.75) is 25.9 Å². The van der Waals surface area contributed by atoms with Gasteiger partial charge in [0.2, 0.25) is 0 Å². The van der Waals surface area contributed by atoms with Crippen LogP contribution < -0.4 is 5.32 Å². The molecular weight excluding hydrogens is 229 g/mol. The molecule has 0 bridgehead atoms. The smallest absolute Gasteiger partial charge is 0.123 e. The summed E-state index contributed by atoms with van der Waals surface area (Å²) in [6.07, 6.45) is 0. The molecule has 0 saturated carbocycles. The Labute approximate surface area is 101 Å². The van der Waals surface area contributed by atoms with Gasteiger partial charge >= 0.3 is 0 Å². The molecule has 0 heterocycles. The summed E-state index contributed by atoms with van der Waals surface area (Å²) in [6.45, 7) is 5.14. The highest BCUT2D eigenvalue weighted by Crippen LogP contribution is 2.17. The number of halogens is 2. The molecule has 0 saturated heterocycles. The van der Waals surface area contributed by atoms with Gasteiger partial charge in [-0.15, -0.1) is 0 Å². The first-order valence-electron chi connectivity index (χ1n) is 5.12. The van der Waals surface area contributed by atoms with E-state index in [2.05, 4.69) is 5.32 Å². The molecule has 0 spiro atoms. The summed E-state index contributed by atoms with van der Waals surface area (Å²) in [5.74, 6) is -0.272. The van der Waals surface area contributed by atoms with Crippen LogP contribution in [0.3, 0.4) is 0 Å². The number of benzene rings is 1.